The summed E-state index contributed by atoms with van der Waals surface area (Å²) in [6.07, 6.45) is 1.94. The molecule has 0 N–H and O–H groups in total. The fourth-order valence-electron chi connectivity index (χ4n) is 2.27. The number of carbonyl (C=O) groups excluding carboxylic acids is 2. The lowest BCUT2D eigenvalue weighted by Gasteiger charge is -2.31. The molecule has 0 aromatic heterocycles. The van der Waals surface area contributed by atoms with Crippen molar-refractivity contribution in [3.05, 3.63) is 0 Å². The highest BCUT2D eigenvalue weighted by Crippen LogP contribution is 2.11. The average Bonchev–Trinajstić information content (AvgIpc) is 2.29. The van der Waals surface area contributed by atoms with Gasteiger partial charge in [-0.3, -0.25) is 14.5 Å². The molecule has 0 aromatic carbocycles. The number of hydrogen-bond acceptors (Lipinski definition) is 4. The molecule has 0 aliphatic heterocycles. The highest BCUT2D eigenvalue weighted by atomic mass is 16.5. The van der Waals surface area contributed by atoms with Crippen molar-refractivity contribution in [1.82, 2.24) is 4.90 Å². The molecule has 0 atom stereocenters. The third kappa shape index (κ3) is 7.98. The van der Waals surface area contributed by atoms with E-state index in [4.69, 9.17) is 4.74 Å². The lowest BCUT2D eigenvalue weighted by atomic mass is 10.1. The third-order valence-corrected chi connectivity index (χ3v) is 3.08. The Morgan fingerprint density at radius 2 is 1.68 bits per heavy atom. The minimum atomic E-state index is -0.415. The van der Waals surface area contributed by atoms with Crippen LogP contribution >= 0.6 is 0 Å². The molecule has 0 aliphatic carbocycles. The van der Waals surface area contributed by atoms with Crippen LogP contribution in [0.1, 0.15) is 53.9 Å². The largest absolute Gasteiger partial charge is 0.466 e. The van der Waals surface area contributed by atoms with Crippen molar-refractivity contribution in [2.24, 2.45) is 5.92 Å². The normalized spacial score (nSPS) is 11.4. The number of Topliss-reactive ketones (excluding diaryl/α,β-unsaturated/α-hetero) is 1. The van der Waals surface area contributed by atoms with Gasteiger partial charge in [-0.1, -0.05) is 27.7 Å². The first-order chi connectivity index (χ1) is 8.94. The van der Waals surface area contributed by atoms with Crippen LogP contribution < -0.4 is 0 Å². The SMILES string of the molecule is CCOC(=O)CC(=O)CN(CC(C)C)C(CC)CC. The highest BCUT2D eigenvalue weighted by Gasteiger charge is 2.20. The van der Waals surface area contributed by atoms with Crippen LogP contribution in [0.5, 0.6) is 0 Å². The van der Waals surface area contributed by atoms with Gasteiger partial charge in [0.1, 0.15) is 6.42 Å². The van der Waals surface area contributed by atoms with E-state index in [0.29, 0.717) is 25.1 Å². The number of rotatable bonds is 10. The van der Waals surface area contributed by atoms with Gasteiger partial charge in [0.15, 0.2) is 5.78 Å². The Morgan fingerprint density at radius 1 is 1.11 bits per heavy atom. The predicted molar refractivity (Wildman–Crippen MR) is 77.0 cm³/mol. The third-order valence-electron chi connectivity index (χ3n) is 3.08. The molecule has 0 aromatic rings. The molecule has 0 amide bonds. The molecule has 0 bridgehead atoms. The van der Waals surface area contributed by atoms with Gasteiger partial charge < -0.3 is 4.74 Å². The van der Waals surface area contributed by atoms with Gasteiger partial charge in [-0.2, -0.15) is 0 Å². The Morgan fingerprint density at radius 3 is 2.11 bits per heavy atom. The van der Waals surface area contributed by atoms with Crippen LogP contribution in [0.25, 0.3) is 0 Å². The smallest absolute Gasteiger partial charge is 0.313 e. The Balaban J connectivity index is 4.45. The van der Waals surface area contributed by atoms with Crippen LogP contribution in [-0.2, 0) is 14.3 Å². The molecule has 0 aliphatic rings. The molecule has 112 valence electrons. The zero-order valence-corrected chi connectivity index (χ0v) is 13.1. The van der Waals surface area contributed by atoms with Crippen LogP contribution in [0.4, 0.5) is 0 Å². The summed E-state index contributed by atoms with van der Waals surface area (Å²) < 4.78 is 4.81. The van der Waals surface area contributed by atoms with Gasteiger partial charge >= 0.3 is 5.97 Å². The molecule has 0 unspecified atom stereocenters. The zero-order valence-electron chi connectivity index (χ0n) is 13.1. The van der Waals surface area contributed by atoms with Gasteiger partial charge in [0, 0.05) is 12.6 Å². The van der Waals surface area contributed by atoms with Crippen molar-refractivity contribution in [2.45, 2.75) is 59.9 Å². The summed E-state index contributed by atoms with van der Waals surface area (Å²) in [5, 5.41) is 0. The molecule has 0 saturated heterocycles. The van der Waals surface area contributed by atoms with E-state index in [1.807, 2.05) is 0 Å². The lowest BCUT2D eigenvalue weighted by molar-refractivity contribution is -0.145. The van der Waals surface area contributed by atoms with E-state index >= 15 is 0 Å². The molecule has 0 spiro atoms. The van der Waals surface area contributed by atoms with Crippen molar-refractivity contribution < 1.29 is 14.3 Å². The minimum Gasteiger partial charge on any atom is -0.466 e. The second kappa shape index (κ2) is 9.96. The van der Waals surface area contributed by atoms with E-state index in [-0.39, 0.29) is 12.2 Å². The maximum absolute atomic E-state index is 11.9. The quantitative estimate of drug-likeness (QED) is 0.453. The number of ether oxygens (including phenoxy) is 1. The number of carbonyl (C=O) groups is 2. The Kier molecular flexibility index (Phi) is 9.48. The standard InChI is InChI=1S/C15H29NO3/c1-6-13(7-2)16(10-12(4)5)11-14(17)9-15(18)19-8-3/h12-13H,6-11H2,1-5H3. The van der Waals surface area contributed by atoms with Crippen LogP contribution in [0.3, 0.4) is 0 Å². The molecular weight excluding hydrogens is 242 g/mol. The number of ketones is 1. The van der Waals surface area contributed by atoms with Crippen LogP contribution in [-0.4, -0.2) is 42.4 Å². The number of hydrogen-bond donors (Lipinski definition) is 0. The maximum Gasteiger partial charge on any atom is 0.313 e. The molecule has 4 nitrogen and oxygen atoms in total. The first-order valence-electron chi connectivity index (χ1n) is 7.35. The lowest BCUT2D eigenvalue weighted by Crippen LogP contribution is -2.41. The van der Waals surface area contributed by atoms with Gasteiger partial charge in [0.05, 0.1) is 13.2 Å². The molecule has 4 heteroatoms. The molecular formula is C15H29NO3. The van der Waals surface area contributed by atoms with Crippen LogP contribution in [0.2, 0.25) is 0 Å². The average molecular weight is 271 g/mol. The molecule has 0 saturated carbocycles. The number of esters is 1. The van der Waals surface area contributed by atoms with Crippen molar-refractivity contribution in [3.63, 3.8) is 0 Å². The minimum absolute atomic E-state index is 0.0500. The van der Waals surface area contributed by atoms with Gasteiger partial charge in [0.25, 0.3) is 0 Å². The van der Waals surface area contributed by atoms with E-state index in [2.05, 4.69) is 32.6 Å². The van der Waals surface area contributed by atoms with Crippen LogP contribution in [0, 0.1) is 5.92 Å². The molecule has 0 heterocycles. The van der Waals surface area contributed by atoms with E-state index in [9.17, 15) is 9.59 Å². The van der Waals surface area contributed by atoms with E-state index < -0.39 is 5.97 Å². The van der Waals surface area contributed by atoms with Gasteiger partial charge in [-0.05, 0) is 25.7 Å². The summed E-state index contributed by atoms with van der Waals surface area (Å²) in [5.41, 5.74) is 0. The summed E-state index contributed by atoms with van der Waals surface area (Å²) in [4.78, 5) is 25.4. The number of nitrogens with zero attached hydrogens (tertiary/aromatic N) is 1. The van der Waals surface area contributed by atoms with Crippen molar-refractivity contribution in [3.8, 4) is 0 Å². The zero-order chi connectivity index (χ0) is 14.8. The maximum atomic E-state index is 11.9. The molecule has 0 rings (SSSR count). The Hall–Kier alpha value is -0.900. The Bertz CT molecular complexity index is 273. The second-order valence-electron chi connectivity index (χ2n) is 5.31. The Labute approximate surface area is 117 Å². The first kappa shape index (κ1) is 18.1. The van der Waals surface area contributed by atoms with Gasteiger partial charge in [-0.25, -0.2) is 0 Å². The first-order valence-corrected chi connectivity index (χ1v) is 7.35. The van der Waals surface area contributed by atoms with Crippen molar-refractivity contribution >= 4 is 11.8 Å². The topological polar surface area (TPSA) is 46.6 Å². The summed E-state index contributed by atoms with van der Waals surface area (Å²) in [6.45, 7) is 11.9. The fraction of sp³-hybridized carbons (Fsp3) is 0.867. The summed E-state index contributed by atoms with van der Waals surface area (Å²) in [5.74, 6) is 0.0449. The predicted octanol–water partition coefficient (Wildman–Crippen LogP) is 2.66. The monoisotopic (exact) mass is 271 g/mol. The van der Waals surface area contributed by atoms with E-state index in [1.165, 1.54) is 0 Å². The molecule has 19 heavy (non-hydrogen) atoms. The fourth-order valence-corrected chi connectivity index (χ4v) is 2.27. The highest BCUT2D eigenvalue weighted by molar-refractivity contribution is 5.96. The molecule has 0 radical (unpaired) electrons. The summed E-state index contributed by atoms with van der Waals surface area (Å²) in [6, 6.07) is 0.411. The van der Waals surface area contributed by atoms with E-state index in [0.717, 1.165) is 19.4 Å². The van der Waals surface area contributed by atoms with Gasteiger partial charge in [-0.15, -0.1) is 0 Å². The molecule has 0 fully saturated rings. The van der Waals surface area contributed by atoms with Crippen molar-refractivity contribution in [1.29, 1.82) is 0 Å². The summed E-state index contributed by atoms with van der Waals surface area (Å²) >= 11 is 0. The van der Waals surface area contributed by atoms with E-state index in [1.54, 1.807) is 6.92 Å². The van der Waals surface area contributed by atoms with Gasteiger partial charge in [0.2, 0.25) is 0 Å². The second-order valence-corrected chi connectivity index (χ2v) is 5.31. The van der Waals surface area contributed by atoms with Crippen LogP contribution in [0.15, 0.2) is 0 Å². The van der Waals surface area contributed by atoms with Crippen molar-refractivity contribution in [2.75, 3.05) is 19.7 Å². The summed E-state index contributed by atoms with van der Waals surface area (Å²) in [7, 11) is 0.